The van der Waals surface area contributed by atoms with Crippen LogP contribution in [0.5, 0.6) is 5.75 Å². The van der Waals surface area contributed by atoms with E-state index in [1.807, 2.05) is 28.8 Å². The molecule has 0 saturated carbocycles. The van der Waals surface area contributed by atoms with Crippen LogP contribution in [-0.4, -0.2) is 40.5 Å². The number of aliphatic hydroxyl groups is 1. The Hall–Kier alpha value is -2.60. The lowest BCUT2D eigenvalue weighted by atomic mass is 10.3. The second kappa shape index (κ2) is 8.19. The highest BCUT2D eigenvalue weighted by Gasteiger charge is 2.18. The van der Waals surface area contributed by atoms with Crippen molar-refractivity contribution in [2.75, 3.05) is 24.6 Å². The molecule has 0 aliphatic heterocycles. The van der Waals surface area contributed by atoms with Crippen molar-refractivity contribution in [3.8, 4) is 5.75 Å². The molecule has 0 saturated heterocycles. The van der Waals surface area contributed by atoms with Crippen LogP contribution in [0.2, 0.25) is 0 Å². The van der Waals surface area contributed by atoms with Crippen LogP contribution in [0.4, 0.5) is 10.3 Å². The van der Waals surface area contributed by atoms with Crippen LogP contribution in [0.3, 0.4) is 0 Å². The number of aliphatic hydroxyl groups excluding tert-OH is 1. The minimum atomic E-state index is -0.716. The van der Waals surface area contributed by atoms with Crippen molar-refractivity contribution in [3.05, 3.63) is 54.3 Å². The zero-order valence-electron chi connectivity index (χ0n) is 15.1. The number of aromatic nitrogens is 2. The summed E-state index contributed by atoms with van der Waals surface area (Å²) in [4.78, 5) is 6.89. The van der Waals surface area contributed by atoms with Crippen molar-refractivity contribution in [1.29, 1.82) is 0 Å². The summed E-state index contributed by atoms with van der Waals surface area (Å²) in [6, 6.07) is 13.7. The number of rotatable bonds is 8. The molecule has 1 atom stereocenters. The Bertz CT molecular complexity index is 844. The number of anilines is 1. The SMILES string of the molecule is CCN(CC)c1nc2ccccc2n1C[C@@H](O)COc1ccc(F)cc1. The number of hydrogen-bond acceptors (Lipinski definition) is 4. The maximum atomic E-state index is 13.0. The molecule has 6 heteroatoms. The number of hydrogen-bond donors (Lipinski definition) is 1. The minimum absolute atomic E-state index is 0.121. The van der Waals surface area contributed by atoms with E-state index in [4.69, 9.17) is 9.72 Å². The zero-order chi connectivity index (χ0) is 18.5. The summed E-state index contributed by atoms with van der Waals surface area (Å²) in [5, 5.41) is 10.5. The Labute approximate surface area is 152 Å². The van der Waals surface area contributed by atoms with Crippen LogP contribution in [0, 0.1) is 5.82 Å². The van der Waals surface area contributed by atoms with Gasteiger partial charge in [0.15, 0.2) is 0 Å². The van der Waals surface area contributed by atoms with E-state index in [9.17, 15) is 9.50 Å². The van der Waals surface area contributed by atoms with Gasteiger partial charge < -0.3 is 19.3 Å². The Kier molecular flexibility index (Phi) is 5.73. The Morgan fingerprint density at radius 1 is 1.12 bits per heavy atom. The summed E-state index contributed by atoms with van der Waals surface area (Å²) in [5.41, 5.74) is 1.89. The van der Waals surface area contributed by atoms with E-state index in [1.165, 1.54) is 12.1 Å². The molecule has 2 aromatic carbocycles. The van der Waals surface area contributed by atoms with Gasteiger partial charge in [0, 0.05) is 13.1 Å². The van der Waals surface area contributed by atoms with Gasteiger partial charge in [0.25, 0.3) is 0 Å². The first-order valence-electron chi connectivity index (χ1n) is 8.89. The molecule has 0 unspecified atom stereocenters. The maximum Gasteiger partial charge on any atom is 0.206 e. The van der Waals surface area contributed by atoms with E-state index in [-0.39, 0.29) is 12.4 Å². The van der Waals surface area contributed by atoms with Crippen molar-refractivity contribution in [2.45, 2.75) is 26.5 Å². The molecule has 26 heavy (non-hydrogen) atoms. The molecule has 0 aliphatic carbocycles. The summed E-state index contributed by atoms with van der Waals surface area (Å²) >= 11 is 0. The summed E-state index contributed by atoms with van der Waals surface area (Å²) in [5.74, 6) is 1.06. The molecule has 0 fully saturated rings. The molecule has 3 aromatic rings. The first kappa shape index (κ1) is 18.2. The van der Waals surface area contributed by atoms with Crippen LogP contribution in [-0.2, 0) is 6.54 Å². The van der Waals surface area contributed by atoms with Crippen molar-refractivity contribution >= 4 is 17.0 Å². The fraction of sp³-hybridized carbons (Fsp3) is 0.350. The first-order chi connectivity index (χ1) is 12.6. The molecule has 1 N–H and O–H groups in total. The van der Waals surface area contributed by atoms with Gasteiger partial charge in [-0.1, -0.05) is 12.1 Å². The van der Waals surface area contributed by atoms with Gasteiger partial charge in [0.1, 0.15) is 24.3 Å². The standard InChI is InChI=1S/C20H24FN3O2/c1-3-23(4-2)20-22-18-7-5-6-8-19(18)24(20)13-16(25)14-26-17-11-9-15(21)10-12-17/h5-12,16,25H,3-4,13-14H2,1-2H3/t16-/m1/s1. The predicted octanol–water partition coefficient (Wildman–Crippen LogP) is 3.46. The van der Waals surface area contributed by atoms with E-state index in [1.54, 1.807) is 12.1 Å². The van der Waals surface area contributed by atoms with Gasteiger partial charge in [-0.05, 0) is 50.2 Å². The fourth-order valence-corrected chi connectivity index (χ4v) is 2.98. The van der Waals surface area contributed by atoms with E-state index < -0.39 is 6.10 Å². The molecule has 1 aromatic heterocycles. The molecule has 0 spiro atoms. The summed E-state index contributed by atoms with van der Waals surface area (Å²) in [6.07, 6.45) is -0.716. The predicted molar refractivity (Wildman–Crippen MR) is 101 cm³/mol. The summed E-state index contributed by atoms with van der Waals surface area (Å²) < 4.78 is 20.6. The van der Waals surface area contributed by atoms with Crippen molar-refractivity contribution in [1.82, 2.24) is 9.55 Å². The average Bonchev–Trinajstić information content (AvgIpc) is 3.01. The Morgan fingerprint density at radius 2 is 1.81 bits per heavy atom. The third-order valence-corrected chi connectivity index (χ3v) is 4.33. The van der Waals surface area contributed by atoms with Crippen LogP contribution in [0.15, 0.2) is 48.5 Å². The van der Waals surface area contributed by atoms with E-state index in [0.29, 0.717) is 12.3 Å². The van der Waals surface area contributed by atoms with Gasteiger partial charge in [-0.25, -0.2) is 9.37 Å². The molecular weight excluding hydrogens is 333 g/mol. The lowest BCUT2D eigenvalue weighted by Gasteiger charge is -2.23. The molecule has 1 heterocycles. The van der Waals surface area contributed by atoms with Crippen LogP contribution in [0.25, 0.3) is 11.0 Å². The van der Waals surface area contributed by atoms with Gasteiger partial charge in [0.2, 0.25) is 5.95 Å². The largest absolute Gasteiger partial charge is 0.491 e. The highest BCUT2D eigenvalue weighted by Crippen LogP contribution is 2.23. The second-order valence-electron chi connectivity index (χ2n) is 6.10. The number of halogens is 1. The lowest BCUT2D eigenvalue weighted by Crippen LogP contribution is -2.29. The van der Waals surface area contributed by atoms with Gasteiger partial charge in [-0.2, -0.15) is 0 Å². The lowest BCUT2D eigenvalue weighted by molar-refractivity contribution is 0.0936. The van der Waals surface area contributed by atoms with Crippen LogP contribution < -0.4 is 9.64 Å². The topological polar surface area (TPSA) is 50.5 Å². The molecule has 0 radical (unpaired) electrons. The normalized spacial score (nSPS) is 12.3. The van der Waals surface area contributed by atoms with Gasteiger partial charge >= 0.3 is 0 Å². The third-order valence-electron chi connectivity index (χ3n) is 4.33. The number of fused-ring (bicyclic) bond motifs is 1. The number of para-hydroxylation sites is 2. The average molecular weight is 357 g/mol. The molecule has 0 aliphatic rings. The fourth-order valence-electron chi connectivity index (χ4n) is 2.98. The van der Waals surface area contributed by atoms with Crippen LogP contribution in [0.1, 0.15) is 13.8 Å². The molecule has 0 amide bonds. The quantitative estimate of drug-likeness (QED) is 0.671. The molecule has 5 nitrogen and oxygen atoms in total. The number of benzene rings is 2. The molecule has 3 rings (SSSR count). The molecule has 138 valence electrons. The van der Waals surface area contributed by atoms with E-state index in [2.05, 4.69) is 18.7 Å². The molecular formula is C20H24FN3O2. The number of nitrogens with zero attached hydrogens (tertiary/aromatic N) is 3. The minimum Gasteiger partial charge on any atom is -0.491 e. The number of ether oxygens (including phenoxy) is 1. The monoisotopic (exact) mass is 357 g/mol. The van der Waals surface area contributed by atoms with Crippen LogP contribution >= 0.6 is 0 Å². The zero-order valence-corrected chi connectivity index (χ0v) is 15.1. The van der Waals surface area contributed by atoms with Crippen molar-refractivity contribution in [2.24, 2.45) is 0 Å². The van der Waals surface area contributed by atoms with Gasteiger partial charge in [0.05, 0.1) is 17.6 Å². The smallest absolute Gasteiger partial charge is 0.206 e. The first-order valence-corrected chi connectivity index (χ1v) is 8.89. The summed E-state index contributed by atoms with van der Waals surface area (Å²) in [7, 11) is 0. The Morgan fingerprint density at radius 3 is 2.50 bits per heavy atom. The van der Waals surface area contributed by atoms with E-state index in [0.717, 1.165) is 30.1 Å². The van der Waals surface area contributed by atoms with E-state index >= 15 is 0 Å². The highest BCUT2D eigenvalue weighted by molar-refractivity contribution is 5.78. The van der Waals surface area contributed by atoms with Crippen molar-refractivity contribution in [3.63, 3.8) is 0 Å². The maximum absolute atomic E-state index is 13.0. The Balaban J connectivity index is 1.78. The summed E-state index contributed by atoms with van der Waals surface area (Å²) in [6.45, 7) is 6.33. The third kappa shape index (κ3) is 3.96. The van der Waals surface area contributed by atoms with Gasteiger partial charge in [-0.15, -0.1) is 0 Å². The number of imidazole rings is 1. The highest BCUT2D eigenvalue weighted by atomic mass is 19.1. The second-order valence-corrected chi connectivity index (χ2v) is 6.10. The van der Waals surface area contributed by atoms with Crippen molar-refractivity contribution < 1.29 is 14.2 Å². The molecule has 0 bridgehead atoms. The van der Waals surface area contributed by atoms with Gasteiger partial charge in [-0.3, -0.25) is 0 Å².